The summed E-state index contributed by atoms with van der Waals surface area (Å²) in [6, 6.07) is 4.38. The third-order valence-electron chi connectivity index (χ3n) is 1.91. The molecule has 7 heteroatoms. The van der Waals surface area contributed by atoms with Crippen LogP contribution in [0.1, 0.15) is 11.1 Å². The van der Waals surface area contributed by atoms with Crippen LogP contribution in [0.25, 0.3) is 0 Å². The standard InChI is InChI=1S/C10H11F3N2O2/c1-6-2-3-8(17-5-10(11,12)13)7(4-6)9(14)15-16/h2-4,16H,5H2,1H3,(H2,14,15). The summed E-state index contributed by atoms with van der Waals surface area (Å²) < 4.78 is 40.6. The predicted octanol–water partition coefficient (Wildman–Crippen LogP) is 2.03. The van der Waals surface area contributed by atoms with Crippen LogP contribution in [0.5, 0.6) is 5.75 Å². The molecule has 17 heavy (non-hydrogen) atoms. The molecule has 0 spiro atoms. The number of aryl methyl sites for hydroxylation is 1. The van der Waals surface area contributed by atoms with Gasteiger partial charge in [-0.2, -0.15) is 13.2 Å². The Bertz CT molecular complexity index is 430. The van der Waals surface area contributed by atoms with E-state index in [9.17, 15) is 13.2 Å². The number of rotatable bonds is 3. The lowest BCUT2D eigenvalue weighted by atomic mass is 10.1. The summed E-state index contributed by atoms with van der Waals surface area (Å²) in [6.07, 6.45) is -4.44. The van der Waals surface area contributed by atoms with E-state index >= 15 is 0 Å². The molecule has 0 aliphatic rings. The first-order valence-electron chi connectivity index (χ1n) is 4.61. The van der Waals surface area contributed by atoms with Gasteiger partial charge < -0.3 is 15.7 Å². The quantitative estimate of drug-likeness (QED) is 0.372. The second kappa shape index (κ2) is 4.94. The number of alkyl halides is 3. The van der Waals surface area contributed by atoms with Crippen LogP contribution in [0.2, 0.25) is 0 Å². The van der Waals surface area contributed by atoms with Gasteiger partial charge in [-0.05, 0) is 19.1 Å². The van der Waals surface area contributed by atoms with Gasteiger partial charge in [-0.25, -0.2) is 0 Å². The Morgan fingerprint density at radius 3 is 2.65 bits per heavy atom. The summed E-state index contributed by atoms with van der Waals surface area (Å²) in [5.74, 6) is -0.380. The number of nitrogens with zero attached hydrogens (tertiary/aromatic N) is 1. The minimum Gasteiger partial charge on any atom is -0.483 e. The van der Waals surface area contributed by atoms with Gasteiger partial charge in [-0.1, -0.05) is 16.8 Å². The number of halogens is 3. The monoisotopic (exact) mass is 248 g/mol. The number of benzene rings is 1. The maximum Gasteiger partial charge on any atom is 0.422 e. The lowest BCUT2D eigenvalue weighted by molar-refractivity contribution is -0.153. The average molecular weight is 248 g/mol. The van der Waals surface area contributed by atoms with Gasteiger partial charge in [0.25, 0.3) is 0 Å². The minimum atomic E-state index is -4.44. The fourth-order valence-electron chi connectivity index (χ4n) is 1.18. The van der Waals surface area contributed by atoms with E-state index in [0.717, 1.165) is 5.56 Å². The zero-order valence-corrected chi connectivity index (χ0v) is 8.95. The molecule has 0 aliphatic heterocycles. The Morgan fingerprint density at radius 1 is 1.47 bits per heavy atom. The van der Waals surface area contributed by atoms with Crippen molar-refractivity contribution in [3.63, 3.8) is 0 Å². The molecular weight excluding hydrogens is 237 g/mol. The molecule has 0 aliphatic carbocycles. The average Bonchev–Trinajstić information content (AvgIpc) is 2.25. The van der Waals surface area contributed by atoms with Gasteiger partial charge in [0.1, 0.15) is 5.75 Å². The molecule has 0 atom stereocenters. The summed E-state index contributed by atoms with van der Waals surface area (Å²) in [4.78, 5) is 0. The van der Waals surface area contributed by atoms with Crippen LogP contribution < -0.4 is 10.5 Å². The summed E-state index contributed by atoms with van der Waals surface area (Å²) in [6.45, 7) is 0.295. The first-order valence-corrected chi connectivity index (χ1v) is 4.61. The highest BCUT2D eigenvalue weighted by atomic mass is 19.4. The lowest BCUT2D eigenvalue weighted by Crippen LogP contribution is -2.21. The Morgan fingerprint density at radius 2 is 2.12 bits per heavy atom. The molecule has 1 rings (SSSR count). The normalized spacial score (nSPS) is 12.6. The molecule has 3 N–H and O–H groups in total. The second-order valence-corrected chi connectivity index (χ2v) is 3.39. The third-order valence-corrected chi connectivity index (χ3v) is 1.91. The fourth-order valence-corrected chi connectivity index (χ4v) is 1.18. The van der Waals surface area contributed by atoms with E-state index in [1.807, 2.05) is 0 Å². The SMILES string of the molecule is Cc1ccc(OCC(F)(F)F)c(/C(N)=N/O)c1. The molecule has 0 saturated heterocycles. The Kier molecular flexibility index (Phi) is 3.82. The van der Waals surface area contributed by atoms with Crippen LogP contribution in [0, 0.1) is 6.92 Å². The fraction of sp³-hybridized carbons (Fsp3) is 0.300. The zero-order chi connectivity index (χ0) is 13.1. The number of hydrogen-bond acceptors (Lipinski definition) is 3. The number of nitrogens with two attached hydrogens (primary N) is 1. The second-order valence-electron chi connectivity index (χ2n) is 3.39. The summed E-state index contributed by atoms with van der Waals surface area (Å²) in [5.41, 5.74) is 6.22. The van der Waals surface area contributed by atoms with Crippen molar-refractivity contribution in [2.24, 2.45) is 10.9 Å². The highest BCUT2D eigenvalue weighted by Gasteiger charge is 2.29. The highest BCUT2D eigenvalue weighted by Crippen LogP contribution is 2.23. The van der Waals surface area contributed by atoms with Gasteiger partial charge in [0, 0.05) is 0 Å². The predicted molar refractivity (Wildman–Crippen MR) is 55.2 cm³/mol. The van der Waals surface area contributed by atoms with Crippen molar-refractivity contribution in [3.05, 3.63) is 29.3 Å². The van der Waals surface area contributed by atoms with E-state index in [4.69, 9.17) is 10.9 Å². The number of hydrogen-bond donors (Lipinski definition) is 2. The number of amidine groups is 1. The van der Waals surface area contributed by atoms with Crippen molar-refractivity contribution in [1.82, 2.24) is 0 Å². The van der Waals surface area contributed by atoms with Gasteiger partial charge in [0.15, 0.2) is 12.4 Å². The largest absolute Gasteiger partial charge is 0.483 e. The van der Waals surface area contributed by atoms with E-state index in [1.54, 1.807) is 13.0 Å². The minimum absolute atomic E-state index is 0.0803. The summed E-state index contributed by atoms with van der Waals surface area (Å²) >= 11 is 0. The molecule has 0 unspecified atom stereocenters. The Labute approximate surface area is 95.5 Å². The van der Waals surface area contributed by atoms with Gasteiger partial charge in [-0.15, -0.1) is 0 Å². The molecule has 4 nitrogen and oxygen atoms in total. The molecule has 94 valence electrons. The van der Waals surface area contributed by atoms with Crippen LogP contribution in [0.15, 0.2) is 23.4 Å². The molecule has 1 aromatic carbocycles. The van der Waals surface area contributed by atoms with Crippen LogP contribution in [0.3, 0.4) is 0 Å². The van der Waals surface area contributed by atoms with E-state index in [-0.39, 0.29) is 17.1 Å². The molecule has 0 bridgehead atoms. The summed E-state index contributed by atoms with van der Waals surface area (Å²) in [5, 5.41) is 11.3. The smallest absolute Gasteiger partial charge is 0.422 e. The molecule has 0 amide bonds. The van der Waals surface area contributed by atoms with Crippen LogP contribution in [-0.2, 0) is 0 Å². The molecule has 0 fully saturated rings. The Balaban J connectivity index is 2.99. The van der Waals surface area contributed by atoms with Crippen LogP contribution in [0.4, 0.5) is 13.2 Å². The van der Waals surface area contributed by atoms with Gasteiger partial charge in [0.2, 0.25) is 0 Å². The Hall–Kier alpha value is -1.92. The van der Waals surface area contributed by atoms with Crippen LogP contribution >= 0.6 is 0 Å². The molecular formula is C10H11F3N2O2. The first kappa shape index (κ1) is 13.1. The van der Waals surface area contributed by atoms with Gasteiger partial charge >= 0.3 is 6.18 Å². The van der Waals surface area contributed by atoms with Crippen molar-refractivity contribution < 1.29 is 23.1 Å². The van der Waals surface area contributed by atoms with Crippen molar-refractivity contribution in [1.29, 1.82) is 0 Å². The third kappa shape index (κ3) is 3.86. The molecule has 0 heterocycles. The highest BCUT2D eigenvalue weighted by molar-refractivity contribution is 5.99. The molecule has 0 radical (unpaired) electrons. The summed E-state index contributed by atoms with van der Waals surface area (Å²) in [7, 11) is 0. The molecule has 0 saturated carbocycles. The van der Waals surface area contributed by atoms with Crippen molar-refractivity contribution in [3.8, 4) is 5.75 Å². The van der Waals surface area contributed by atoms with Crippen molar-refractivity contribution in [2.75, 3.05) is 6.61 Å². The zero-order valence-electron chi connectivity index (χ0n) is 8.95. The van der Waals surface area contributed by atoms with E-state index in [1.165, 1.54) is 12.1 Å². The van der Waals surface area contributed by atoms with Crippen molar-refractivity contribution >= 4 is 5.84 Å². The van der Waals surface area contributed by atoms with Gasteiger partial charge in [-0.3, -0.25) is 0 Å². The van der Waals surface area contributed by atoms with E-state index < -0.39 is 12.8 Å². The number of oxime groups is 1. The maximum absolute atomic E-state index is 12.0. The molecule has 0 aromatic heterocycles. The van der Waals surface area contributed by atoms with Crippen molar-refractivity contribution in [2.45, 2.75) is 13.1 Å². The lowest BCUT2D eigenvalue weighted by Gasteiger charge is -2.12. The van der Waals surface area contributed by atoms with E-state index in [2.05, 4.69) is 9.89 Å². The first-order chi connectivity index (χ1) is 7.83. The number of ether oxygens (including phenoxy) is 1. The maximum atomic E-state index is 12.0. The van der Waals surface area contributed by atoms with Gasteiger partial charge in [0.05, 0.1) is 5.56 Å². The topological polar surface area (TPSA) is 67.8 Å². The molecule has 1 aromatic rings. The van der Waals surface area contributed by atoms with E-state index in [0.29, 0.717) is 0 Å². The van der Waals surface area contributed by atoms with Crippen LogP contribution in [-0.4, -0.2) is 23.8 Å².